The van der Waals surface area contributed by atoms with Gasteiger partial charge in [0.15, 0.2) is 11.7 Å². The lowest BCUT2D eigenvalue weighted by atomic mass is 10.1. The largest absolute Gasteiger partial charge is 0.440 e. The van der Waals surface area contributed by atoms with Gasteiger partial charge in [0, 0.05) is 41.3 Å². The number of aromatic nitrogens is 1. The van der Waals surface area contributed by atoms with E-state index in [4.69, 9.17) is 9.40 Å². The van der Waals surface area contributed by atoms with Gasteiger partial charge < -0.3 is 15.1 Å². The van der Waals surface area contributed by atoms with Crippen LogP contribution in [0.1, 0.15) is 35.5 Å². The molecule has 0 atom stereocenters. The third-order valence-electron chi connectivity index (χ3n) is 5.64. The topological polar surface area (TPSA) is 84.2 Å². The summed E-state index contributed by atoms with van der Waals surface area (Å²) in [4.78, 5) is 29.6. The number of rotatable bonds is 8. The Bertz CT molecular complexity index is 1240. The second kappa shape index (κ2) is 9.75. The number of carbonyl (C=O) groups excluding carboxylic acids is 2. The average Bonchev–Trinajstić information content (AvgIpc) is 3.59. The van der Waals surface area contributed by atoms with Crippen LogP contribution in [0.15, 0.2) is 89.3 Å². The molecule has 6 heteroatoms. The van der Waals surface area contributed by atoms with Crippen LogP contribution < -0.4 is 10.6 Å². The predicted molar refractivity (Wildman–Crippen MR) is 131 cm³/mol. The number of hydrogen-bond acceptors (Lipinski definition) is 4. The zero-order valence-corrected chi connectivity index (χ0v) is 18.7. The van der Waals surface area contributed by atoms with E-state index in [1.165, 1.54) is 0 Å². The molecule has 1 aliphatic rings. The Balaban J connectivity index is 1.27. The number of oxazole rings is 1. The minimum atomic E-state index is -0.166. The molecule has 5 rings (SSSR count). The van der Waals surface area contributed by atoms with E-state index in [1.807, 2.05) is 60.7 Å². The van der Waals surface area contributed by atoms with Crippen molar-refractivity contribution in [2.24, 2.45) is 0 Å². The summed E-state index contributed by atoms with van der Waals surface area (Å²) in [6, 6.07) is 27.0. The highest BCUT2D eigenvalue weighted by Crippen LogP contribution is 2.32. The molecule has 170 valence electrons. The highest BCUT2D eigenvalue weighted by atomic mass is 16.4. The predicted octanol–water partition coefficient (Wildman–Crippen LogP) is 5.47. The lowest BCUT2D eigenvalue weighted by molar-refractivity contribution is -0.116. The van der Waals surface area contributed by atoms with Crippen LogP contribution in [0.25, 0.3) is 22.6 Å². The van der Waals surface area contributed by atoms with Crippen molar-refractivity contribution in [1.29, 1.82) is 0 Å². The molecule has 6 nitrogen and oxygen atoms in total. The number of anilines is 1. The van der Waals surface area contributed by atoms with Crippen LogP contribution >= 0.6 is 0 Å². The first-order chi connectivity index (χ1) is 16.7. The van der Waals surface area contributed by atoms with Crippen molar-refractivity contribution in [2.45, 2.75) is 31.7 Å². The first-order valence-electron chi connectivity index (χ1n) is 11.5. The standard InChI is InChI=1S/C28H25N3O3/c32-24(29-23-13-7-12-21(18-23)28(33)30-22-14-15-22)16-17-25-31-26(19-8-3-1-4-9-19)27(34-25)20-10-5-2-6-11-20/h1-13,18,22H,14-17H2,(H,29,32)(H,30,33). The highest BCUT2D eigenvalue weighted by Gasteiger charge is 2.24. The first-order valence-corrected chi connectivity index (χ1v) is 11.5. The van der Waals surface area contributed by atoms with Crippen LogP contribution in [0.3, 0.4) is 0 Å². The third kappa shape index (κ3) is 5.23. The van der Waals surface area contributed by atoms with Crippen molar-refractivity contribution in [3.8, 4) is 22.6 Å². The Hall–Kier alpha value is -4.19. The van der Waals surface area contributed by atoms with Gasteiger partial charge in [-0.15, -0.1) is 0 Å². The number of aryl methyl sites for hydroxylation is 1. The van der Waals surface area contributed by atoms with E-state index in [1.54, 1.807) is 24.3 Å². The number of benzene rings is 3. The fraction of sp³-hybridized carbons (Fsp3) is 0.179. The zero-order valence-electron chi connectivity index (χ0n) is 18.7. The molecule has 1 aliphatic carbocycles. The van der Waals surface area contributed by atoms with E-state index in [0.717, 1.165) is 29.7 Å². The SMILES string of the molecule is O=C(CCc1nc(-c2ccccc2)c(-c2ccccc2)o1)Nc1cccc(C(=O)NC2CC2)c1. The molecule has 2 N–H and O–H groups in total. The summed E-state index contributed by atoms with van der Waals surface area (Å²) in [5, 5.41) is 5.83. The van der Waals surface area contributed by atoms with Gasteiger partial charge >= 0.3 is 0 Å². The summed E-state index contributed by atoms with van der Waals surface area (Å²) < 4.78 is 6.11. The van der Waals surface area contributed by atoms with Gasteiger partial charge in [-0.2, -0.15) is 0 Å². The zero-order chi connectivity index (χ0) is 23.3. The highest BCUT2D eigenvalue weighted by molar-refractivity contribution is 5.97. The molecular weight excluding hydrogens is 426 g/mol. The van der Waals surface area contributed by atoms with Gasteiger partial charge in [0.25, 0.3) is 5.91 Å². The summed E-state index contributed by atoms with van der Waals surface area (Å²) in [6.45, 7) is 0. The second-order valence-corrected chi connectivity index (χ2v) is 8.39. The lowest BCUT2D eigenvalue weighted by Gasteiger charge is -2.07. The third-order valence-corrected chi connectivity index (χ3v) is 5.64. The van der Waals surface area contributed by atoms with Gasteiger partial charge in [0.2, 0.25) is 5.91 Å². The maximum atomic E-state index is 12.6. The van der Waals surface area contributed by atoms with E-state index >= 15 is 0 Å². The van der Waals surface area contributed by atoms with Crippen LogP contribution in [0, 0.1) is 0 Å². The molecule has 34 heavy (non-hydrogen) atoms. The van der Waals surface area contributed by atoms with E-state index in [2.05, 4.69) is 10.6 Å². The molecule has 0 saturated heterocycles. The Morgan fingerprint density at radius 1 is 0.882 bits per heavy atom. The smallest absolute Gasteiger partial charge is 0.251 e. The van der Waals surface area contributed by atoms with Gasteiger partial charge in [-0.3, -0.25) is 9.59 Å². The molecule has 0 aliphatic heterocycles. The summed E-state index contributed by atoms with van der Waals surface area (Å²) in [7, 11) is 0. The molecule has 2 amide bonds. The molecule has 1 saturated carbocycles. The Morgan fingerprint density at radius 2 is 1.59 bits per heavy atom. The average molecular weight is 452 g/mol. The number of carbonyl (C=O) groups is 2. The molecule has 0 radical (unpaired) electrons. The Kier molecular flexibility index (Phi) is 6.21. The van der Waals surface area contributed by atoms with Gasteiger partial charge in [-0.1, -0.05) is 66.7 Å². The van der Waals surface area contributed by atoms with Crippen molar-refractivity contribution < 1.29 is 14.0 Å². The van der Waals surface area contributed by atoms with E-state index < -0.39 is 0 Å². The monoisotopic (exact) mass is 451 g/mol. The minimum absolute atomic E-state index is 0.111. The first kappa shape index (κ1) is 21.6. The van der Waals surface area contributed by atoms with Crippen LogP contribution in [-0.4, -0.2) is 22.8 Å². The van der Waals surface area contributed by atoms with Gasteiger partial charge in [-0.25, -0.2) is 4.98 Å². The summed E-state index contributed by atoms with van der Waals surface area (Å²) in [5.74, 6) is 0.919. The maximum absolute atomic E-state index is 12.6. The van der Waals surface area contributed by atoms with Crippen LogP contribution in [-0.2, 0) is 11.2 Å². The van der Waals surface area contributed by atoms with E-state index in [9.17, 15) is 9.59 Å². The van der Waals surface area contributed by atoms with Crippen molar-refractivity contribution in [3.05, 3.63) is 96.4 Å². The molecule has 4 aromatic rings. The molecule has 0 unspecified atom stereocenters. The maximum Gasteiger partial charge on any atom is 0.251 e. The Labute approximate surface area is 198 Å². The summed E-state index contributed by atoms with van der Waals surface area (Å²) in [6.07, 6.45) is 2.63. The lowest BCUT2D eigenvalue weighted by Crippen LogP contribution is -2.25. The van der Waals surface area contributed by atoms with Crippen molar-refractivity contribution >= 4 is 17.5 Å². The van der Waals surface area contributed by atoms with Crippen molar-refractivity contribution in [3.63, 3.8) is 0 Å². The summed E-state index contributed by atoms with van der Waals surface area (Å²) >= 11 is 0. The van der Waals surface area contributed by atoms with E-state index in [-0.39, 0.29) is 24.3 Å². The van der Waals surface area contributed by atoms with Crippen LogP contribution in [0.4, 0.5) is 5.69 Å². The number of amides is 2. The number of nitrogens with one attached hydrogen (secondary N) is 2. The number of nitrogens with zero attached hydrogens (tertiary/aromatic N) is 1. The van der Waals surface area contributed by atoms with E-state index in [0.29, 0.717) is 29.3 Å². The normalized spacial score (nSPS) is 12.8. The Morgan fingerprint density at radius 3 is 2.29 bits per heavy atom. The fourth-order valence-corrected chi connectivity index (χ4v) is 3.73. The molecule has 1 fully saturated rings. The molecule has 3 aromatic carbocycles. The molecular formula is C28H25N3O3. The van der Waals surface area contributed by atoms with Gasteiger partial charge in [-0.05, 0) is 31.0 Å². The van der Waals surface area contributed by atoms with Gasteiger partial charge in [0.05, 0.1) is 0 Å². The number of hydrogen-bond donors (Lipinski definition) is 2. The van der Waals surface area contributed by atoms with Crippen LogP contribution in [0.5, 0.6) is 0 Å². The molecule has 0 spiro atoms. The second-order valence-electron chi connectivity index (χ2n) is 8.39. The molecule has 1 aromatic heterocycles. The fourth-order valence-electron chi connectivity index (χ4n) is 3.73. The molecule has 1 heterocycles. The van der Waals surface area contributed by atoms with Crippen LogP contribution in [0.2, 0.25) is 0 Å². The quantitative estimate of drug-likeness (QED) is 0.372. The minimum Gasteiger partial charge on any atom is -0.440 e. The van der Waals surface area contributed by atoms with Crippen molar-refractivity contribution in [1.82, 2.24) is 10.3 Å². The van der Waals surface area contributed by atoms with Gasteiger partial charge in [0.1, 0.15) is 5.69 Å². The molecule has 0 bridgehead atoms. The summed E-state index contributed by atoms with van der Waals surface area (Å²) in [5.41, 5.74) is 3.79. The van der Waals surface area contributed by atoms with Crippen molar-refractivity contribution in [2.75, 3.05) is 5.32 Å².